The number of rotatable bonds is 1. The summed E-state index contributed by atoms with van der Waals surface area (Å²) < 4.78 is 15.7. The van der Waals surface area contributed by atoms with Gasteiger partial charge in [0.15, 0.2) is 5.82 Å². The zero-order chi connectivity index (χ0) is 12.0. The molecule has 1 saturated heterocycles. The van der Waals surface area contributed by atoms with Crippen molar-refractivity contribution >= 4 is 11.0 Å². The smallest absolute Gasteiger partial charge is 0.151 e. The fourth-order valence-electron chi connectivity index (χ4n) is 2.73. The van der Waals surface area contributed by atoms with Gasteiger partial charge in [-0.05, 0) is 25.1 Å². The van der Waals surface area contributed by atoms with E-state index in [1.807, 2.05) is 17.7 Å². The van der Waals surface area contributed by atoms with Crippen molar-refractivity contribution in [1.29, 1.82) is 0 Å². The van der Waals surface area contributed by atoms with E-state index >= 15 is 0 Å². The maximum Gasteiger partial charge on any atom is 0.151 e. The Morgan fingerprint density at radius 2 is 2.29 bits per heavy atom. The zero-order valence-corrected chi connectivity index (χ0v) is 10.1. The first-order chi connectivity index (χ1) is 8.12. The van der Waals surface area contributed by atoms with Crippen molar-refractivity contribution < 1.29 is 4.39 Å². The molecular weight excluding hydrogens is 217 g/mol. The van der Waals surface area contributed by atoms with Crippen molar-refractivity contribution in [1.82, 2.24) is 14.9 Å². The molecule has 4 heteroatoms. The lowest BCUT2D eigenvalue weighted by molar-refractivity contribution is 0.475. The van der Waals surface area contributed by atoms with Crippen LogP contribution in [0.15, 0.2) is 18.2 Å². The second-order valence-corrected chi connectivity index (χ2v) is 5.09. The lowest BCUT2D eigenvalue weighted by atomic mass is 9.89. The monoisotopic (exact) mass is 233 g/mol. The summed E-state index contributed by atoms with van der Waals surface area (Å²) in [4.78, 5) is 4.51. The lowest BCUT2D eigenvalue weighted by Crippen LogP contribution is -2.28. The number of nitrogens with one attached hydrogen (secondary N) is 1. The van der Waals surface area contributed by atoms with E-state index in [4.69, 9.17) is 0 Å². The number of hydrogen-bond donors (Lipinski definition) is 1. The number of hydrogen-bond acceptors (Lipinski definition) is 2. The number of benzene rings is 1. The Hall–Kier alpha value is -1.42. The fourth-order valence-corrected chi connectivity index (χ4v) is 2.73. The van der Waals surface area contributed by atoms with E-state index in [0.29, 0.717) is 5.52 Å². The average molecular weight is 233 g/mol. The largest absolute Gasteiger partial charge is 0.331 e. The first kappa shape index (κ1) is 10.7. The van der Waals surface area contributed by atoms with Gasteiger partial charge in [0.25, 0.3) is 0 Å². The van der Waals surface area contributed by atoms with Crippen molar-refractivity contribution in [2.45, 2.75) is 18.8 Å². The molecule has 3 nitrogen and oxygen atoms in total. The van der Waals surface area contributed by atoms with Crippen LogP contribution in [-0.4, -0.2) is 22.6 Å². The van der Waals surface area contributed by atoms with E-state index in [2.05, 4.69) is 17.2 Å². The van der Waals surface area contributed by atoms with Crippen LogP contribution in [0, 0.1) is 5.82 Å². The molecule has 0 bridgehead atoms. The minimum atomic E-state index is -0.237. The highest BCUT2D eigenvalue weighted by Gasteiger charge is 2.35. The molecular formula is C13H16FN3. The molecule has 1 aliphatic heterocycles. The lowest BCUT2D eigenvalue weighted by Gasteiger charge is -2.21. The van der Waals surface area contributed by atoms with Gasteiger partial charge < -0.3 is 9.88 Å². The summed E-state index contributed by atoms with van der Waals surface area (Å²) in [5.41, 5.74) is 1.37. The molecule has 0 aliphatic carbocycles. The highest BCUT2D eigenvalue weighted by molar-refractivity contribution is 5.76. The van der Waals surface area contributed by atoms with Crippen LogP contribution >= 0.6 is 0 Å². The third-order valence-electron chi connectivity index (χ3n) is 3.77. The van der Waals surface area contributed by atoms with Gasteiger partial charge in [-0.2, -0.15) is 0 Å². The summed E-state index contributed by atoms with van der Waals surface area (Å²) in [5, 5.41) is 3.35. The highest BCUT2D eigenvalue weighted by atomic mass is 19.1. The van der Waals surface area contributed by atoms with Gasteiger partial charge in [-0.25, -0.2) is 9.37 Å². The highest BCUT2D eigenvalue weighted by Crippen LogP contribution is 2.31. The van der Waals surface area contributed by atoms with Gasteiger partial charge in [0.05, 0.1) is 5.52 Å². The van der Waals surface area contributed by atoms with Gasteiger partial charge >= 0.3 is 0 Å². The number of nitrogens with zero attached hydrogens (tertiary/aromatic N) is 2. The molecule has 1 aromatic heterocycles. The van der Waals surface area contributed by atoms with E-state index in [1.165, 1.54) is 6.07 Å². The molecule has 1 atom stereocenters. The molecule has 17 heavy (non-hydrogen) atoms. The topological polar surface area (TPSA) is 29.9 Å². The van der Waals surface area contributed by atoms with Crippen LogP contribution in [0.25, 0.3) is 11.0 Å². The van der Waals surface area contributed by atoms with E-state index in [-0.39, 0.29) is 11.2 Å². The quantitative estimate of drug-likeness (QED) is 0.816. The van der Waals surface area contributed by atoms with E-state index in [1.54, 1.807) is 6.07 Å². The molecule has 1 unspecified atom stereocenters. The Bertz CT molecular complexity index is 567. The van der Waals surface area contributed by atoms with Gasteiger partial charge in [0.1, 0.15) is 11.3 Å². The summed E-state index contributed by atoms with van der Waals surface area (Å²) in [6, 6.07) is 5.12. The molecule has 0 amide bonds. The number of halogens is 1. The zero-order valence-electron chi connectivity index (χ0n) is 10.1. The number of para-hydroxylation sites is 1. The van der Waals surface area contributed by atoms with Crippen LogP contribution in [0.4, 0.5) is 4.39 Å². The van der Waals surface area contributed by atoms with Crippen LogP contribution < -0.4 is 5.32 Å². The van der Waals surface area contributed by atoms with Crippen molar-refractivity contribution in [2.75, 3.05) is 13.1 Å². The van der Waals surface area contributed by atoms with Gasteiger partial charge in [0, 0.05) is 19.0 Å². The molecule has 1 fully saturated rings. The Morgan fingerprint density at radius 1 is 1.47 bits per heavy atom. The minimum Gasteiger partial charge on any atom is -0.331 e. The SMILES string of the molecule is Cn1c(C2(C)CCNC2)nc2c(F)cccc21. The second-order valence-electron chi connectivity index (χ2n) is 5.09. The van der Waals surface area contributed by atoms with E-state index in [0.717, 1.165) is 30.9 Å². The van der Waals surface area contributed by atoms with E-state index < -0.39 is 0 Å². The van der Waals surface area contributed by atoms with Crippen molar-refractivity contribution in [3.63, 3.8) is 0 Å². The molecule has 1 aromatic carbocycles. The molecule has 0 radical (unpaired) electrons. The maximum absolute atomic E-state index is 13.7. The standard InChI is InChI=1S/C13H16FN3/c1-13(6-7-15-8-13)12-16-11-9(14)4-3-5-10(11)17(12)2/h3-5,15H,6-8H2,1-2H3. The third-order valence-corrected chi connectivity index (χ3v) is 3.77. The number of imidazole rings is 1. The summed E-state index contributed by atoms with van der Waals surface area (Å²) in [6.07, 6.45) is 1.05. The van der Waals surface area contributed by atoms with Gasteiger partial charge in [-0.3, -0.25) is 0 Å². The van der Waals surface area contributed by atoms with Crippen LogP contribution in [-0.2, 0) is 12.5 Å². The molecule has 0 saturated carbocycles. The minimum absolute atomic E-state index is 0.0141. The number of aromatic nitrogens is 2. The Morgan fingerprint density at radius 3 is 2.94 bits per heavy atom. The van der Waals surface area contributed by atoms with Gasteiger partial charge in [0.2, 0.25) is 0 Å². The van der Waals surface area contributed by atoms with Crippen molar-refractivity contribution in [2.24, 2.45) is 7.05 Å². The van der Waals surface area contributed by atoms with Crippen LogP contribution in [0.1, 0.15) is 19.2 Å². The predicted molar refractivity (Wildman–Crippen MR) is 65.5 cm³/mol. The van der Waals surface area contributed by atoms with Crippen LogP contribution in [0.3, 0.4) is 0 Å². The first-order valence-electron chi connectivity index (χ1n) is 5.94. The average Bonchev–Trinajstić information content (AvgIpc) is 2.87. The van der Waals surface area contributed by atoms with Crippen LogP contribution in [0.2, 0.25) is 0 Å². The van der Waals surface area contributed by atoms with Crippen LogP contribution in [0.5, 0.6) is 0 Å². The van der Waals surface area contributed by atoms with Gasteiger partial charge in [-0.15, -0.1) is 0 Å². The van der Waals surface area contributed by atoms with Crippen molar-refractivity contribution in [3.8, 4) is 0 Å². The molecule has 90 valence electrons. The van der Waals surface area contributed by atoms with E-state index in [9.17, 15) is 4.39 Å². The Kier molecular flexibility index (Phi) is 2.23. The Labute approximate surface area is 99.7 Å². The summed E-state index contributed by atoms with van der Waals surface area (Å²) in [6.45, 7) is 4.10. The predicted octanol–water partition coefficient (Wildman–Crippen LogP) is 1.96. The summed E-state index contributed by atoms with van der Waals surface area (Å²) >= 11 is 0. The molecule has 2 aromatic rings. The maximum atomic E-state index is 13.7. The summed E-state index contributed by atoms with van der Waals surface area (Å²) in [5.74, 6) is 0.738. The molecule has 0 spiro atoms. The molecule has 1 aliphatic rings. The fraction of sp³-hybridized carbons (Fsp3) is 0.462. The summed E-state index contributed by atoms with van der Waals surface area (Å²) in [7, 11) is 1.97. The number of aryl methyl sites for hydroxylation is 1. The number of fused-ring (bicyclic) bond motifs is 1. The first-order valence-corrected chi connectivity index (χ1v) is 5.94. The van der Waals surface area contributed by atoms with Gasteiger partial charge in [-0.1, -0.05) is 13.0 Å². The Balaban J connectivity index is 2.24. The molecule has 3 rings (SSSR count). The normalized spacial score (nSPS) is 24.6. The third kappa shape index (κ3) is 1.47. The molecule has 2 heterocycles. The second kappa shape index (κ2) is 3.53. The molecule has 1 N–H and O–H groups in total. The van der Waals surface area contributed by atoms with Crippen molar-refractivity contribution in [3.05, 3.63) is 29.8 Å².